The molecule has 2 aromatic rings. The van der Waals surface area contributed by atoms with Crippen molar-refractivity contribution in [1.82, 2.24) is 15.6 Å². The SMILES string of the molecule is COC(=O)CCCCC(S)C(=O)NC(CC(C)C)C(=O)N[C@@H](Cc1c[nH]c2ccccc12)C(=O)O. The standard InChI is InChI=1S/C25H35N3O6S/c1-15(2)12-19(27-24(31)21(35)10-6-7-11-22(29)34-3)23(30)28-20(25(32)33)13-16-14-26-18-9-5-4-8-17(16)18/h4-5,8-9,14-15,19-21,26,35H,6-7,10-13H2,1-3H3,(H,27,31)(H,28,30)(H,32,33)/t19?,20-,21?/m0/s1. The van der Waals surface area contributed by atoms with Crippen molar-refractivity contribution in [2.45, 2.75) is 69.7 Å². The van der Waals surface area contributed by atoms with Gasteiger partial charge in [-0.25, -0.2) is 4.79 Å². The maximum absolute atomic E-state index is 13.0. The molecule has 4 N–H and O–H groups in total. The van der Waals surface area contributed by atoms with Crippen molar-refractivity contribution in [2.24, 2.45) is 5.92 Å². The average molecular weight is 506 g/mol. The van der Waals surface area contributed by atoms with Gasteiger partial charge in [0.2, 0.25) is 11.8 Å². The molecule has 0 bridgehead atoms. The van der Waals surface area contributed by atoms with E-state index in [-0.39, 0.29) is 24.7 Å². The van der Waals surface area contributed by atoms with E-state index < -0.39 is 35.1 Å². The number of nitrogens with one attached hydrogen (secondary N) is 3. The van der Waals surface area contributed by atoms with E-state index in [0.717, 1.165) is 16.5 Å². The molecule has 3 atom stereocenters. The van der Waals surface area contributed by atoms with Gasteiger partial charge < -0.3 is 25.5 Å². The number of aliphatic carboxylic acids is 1. The molecule has 2 unspecified atom stereocenters. The zero-order valence-electron chi connectivity index (χ0n) is 20.4. The molecule has 192 valence electrons. The lowest BCUT2D eigenvalue weighted by Gasteiger charge is -2.24. The van der Waals surface area contributed by atoms with Crippen molar-refractivity contribution < 1.29 is 29.0 Å². The van der Waals surface area contributed by atoms with E-state index in [4.69, 9.17) is 0 Å². The number of para-hydroxylation sites is 1. The quantitative estimate of drug-likeness (QED) is 0.152. The lowest BCUT2D eigenvalue weighted by atomic mass is 10.0. The molecule has 0 saturated heterocycles. The number of carboxylic acid groups (broad SMARTS) is 1. The van der Waals surface area contributed by atoms with E-state index in [2.05, 4.69) is 33.0 Å². The number of aromatic nitrogens is 1. The first-order chi connectivity index (χ1) is 16.6. The van der Waals surface area contributed by atoms with Crippen molar-refractivity contribution in [3.63, 3.8) is 0 Å². The Bertz CT molecular complexity index is 1020. The molecule has 9 nitrogen and oxygen atoms in total. The van der Waals surface area contributed by atoms with Gasteiger partial charge in [0.05, 0.1) is 12.4 Å². The number of carbonyl (C=O) groups is 4. The Morgan fingerprint density at radius 2 is 1.74 bits per heavy atom. The number of carboxylic acids is 1. The number of amides is 2. The number of fused-ring (bicyclic) bond motifs is 1. The second-order valence-electron chi connectivity index (χ2n) is 8.99. The third-order valence-electron chi connectivity index (χ3n) is 5.69. The highest BCUT2D eigenvalue weighted by atomic mass is 32.1. The predicted octanol–water partition coefficient (Wildman–Crippen LogP) is 2.84. The summed E-state index contributed by atoms with van der Waals surface area (Å²) < 4.78 is 4.60. The molecule has 10 heteroatoms. The molecule has 35 heavy (non-hydrogen) atoms. The summed E-state index contributed by atoms with van der Waals surface area (Å²) in [5.74, 6) is -2.34. The van der Waals surface area contributed by atoms with E-state index in [1.807, 2.05) is 38.1 Å². The van der Waals surface area contributed by atoms with E-state index in [1.165, 1.54) is 7.11 Å². The van der Waals surface area contributed by atoms with Gasteiger partial charge in [0.25, 0.3) is 0 Å². The van der Waals surface area contributed by atoms with Crippen LogP contribution in [0, 0.1) is 5.92 Å². The maximum Gasteiger partial charge on any atom is 0.326 e. The number of hydrogen-bond acceptors (Lipinski definition) is 6. The number of benzene rings is 1. The first kappa shape index (κ1) is 28.2. The number of esters is 1. The fourth-order valence-electron chi connectivity index (χ4n) is 3.80. The minimum atomic E-state index is -1.16. The maximum atomic E-state index is 13.0. The van der Waals surface area contributed by atoms with Crippen LogP contribution >= 0.6 is 12.6 Å². The van der Waals surface area contributed by atoms with Crippen LogP contribution in [-0.2, 0) is 30.3 Å². The van der Waals surface area contributed by atoms with E-state index >= 15 is 0 Å². The molecule has 1 aromatic carbocycles. The van der Waals surface area contributed by atoms with Gasteiger partial charge in [-0.2, -0.15) is 12.6 Å². The summed E-state index contributed by atoms with van der Waals surface area (Å²) in [5, 5.41) is 15.3. The zero-order chi connectivity index (χ0) is 26.0. The average Bonchev–Trinajstić information content (AvgIpc) is 3.22. The van der Waals surface area contributed by atoms with Gasteiger partial charge in [-0.05, 0) is 36.8 Å². The number of thiol groups is 1. The normalized spacial score (nSPS) is 13.7. The number of methoxy groups -OCH3 is 1. The second-order valence-corrected chi connectivity index (χ2v) is 9.61. The Morgan fingerprint density at radius 1 is 1.06 bits per heavy atom. The van der Waals surface area contributed by atoms with E-state index in [9.17, 15) is 24.3 Å². The lowest BCUT2D eigenvalue weighted by Crippen LogP contribution is -2.53. The molecule has 2 rings (SSSR count). The van der Waals surface area contributed by atoms with Crippen molar-refractivity contribution in [3.05, 3.63) is 36.0 Å². The number of unbranched alkanes of at least 4 members (excludes halogenated alkanes) is 1. The fourth-order valence-corrected chi connectivity index (χ4v) is 4.06. The minimum absolute atomic E-state index is 0.0846. The molecule has 0 saturated carbocycles. The minimum Gasteiger partial charge on any atom is -0.480 e. The van der Waals surface area contributed by atoms with Crippen LogP contribution in [0.2, 0.25) is 0 Å². The van der Waals surface area contributed by atoms with Crippen LogP contribution in [0.15, 0.2) is 30.5 Å². The van der Waals surface area contributed by atoms with Crippen LogP contribution in [-0.4, -0.2) is 58.3 Å². The summed E-state index contributed by atoms with van der Waals surface area (Å²) in [6, 6.07) is 5.49. The summed E-state index contributed by atoms with van der Waals surface area (Å²) >= 11 is 4.34. The van der Waals surface area contributed by atoms with Crippen LogP contribution in [0.1, 0.15) is 51.5 Å². The number of H-pyrrole nitrogens is 1. The zero-order valence-corrected chi connectivity index (χ0v) is 21.3. The van der Waals surface area contributed by atoms with Crippen LogP contribution in [0.4, 0.5) is 0 Å². The number of ether oxygens (including phenoxy) is 1. The fraction of sp³-hybridized carbons (Fsp3) is 0.520. The van der Waals surface area contributed by atoms with Gasteiger partial charge in [0.15, 0.2) is 0 Å². The molecule has 1 aromatic heterocycles. The Morgan fingerprint density at radius 3 is 2.40 bits per heavy atom. The lowest BCUT2D eigenvalue weighted by molar-refractivity contribution is -0.142. The van der Waals surface area contributed by atoms with Crippen molar-refractivity contribution >= 4 is 47.3 Å². The molecular formula is C25H35N3O6S. The van der Waals surface area contributed by atoms with Crippen molar-refractivity contribution in [1.29, 1.82) is 0 Å². The number of rotatable bonds is 14. The van der Waals surface area contributed by atoms with E-state index in [0.29, 0.717) is 25.7 Å². The van der Waals surface area contributed by atoms with Gasteiger partial charge in [0, 0.05) is 29.9 Å². The monoisotopic (exact) mass is 505 g/mol. The van der Waals surface area contributed by atoms with Crippen LogP contribution < -0.4 is 10.6 Å². The Balaban J connectivity index is 2.00. The number of carbonyl (C=O) groups excluding carboxylic acids is 3. The van der Waals surface area contributed by atoms with Crippen molar-refractivity contribution in [3.8, 4) is 0 Å². The molecule has 1 heterocycles. The smallest absolute Gasteiger partial charge is 0.326 e. The first-order valence-corrected chi connectivity index (χ1v) is 12.3. The molecule has 2 amide bonds. The third kappa shape index (κ3) is 8.93. The van der Waals surface area contributed by atoms with Crippen LogP contribution in [0.25, 0.3) is 10.9 Å². The summed E-state index contributed by atoms with van der Waals surface area (Å²) in [4.78, 5) is 51.9. The molecule has 0 radical (unpaired) electrons. The first-order valence-electron chi connectivity index (χ1n) is 11.8. The summed E-state index contributed by atoms with van der Waals surface area (Å²) in [6.07, 6.45) is 4.06. The van der Waals surface area contributed by atoms with Gasteiger partial charge in [-0.1, -0.05) is 38.5 Å². The topological polar surface area (TPSA) is 138 Å². The third-order valence-corrected chi connectivity index (χ3v) is 6.19. The van der Waals surface area contributed by atoms with Crippen LogP contribution in [0.3, 0.4) is 0 Å². The Labute approximate surface area is 210 Å². The van der Waals surface area contributed by atoms with Gasteiger partial charge in [0.1, 0.15) is 12.1 Å². The summed E-state index contributed by atoms with van der Waals surface area (Å²) in [5.41, 5.74) is 1.66. The van der Waals surface area contributed by atoms with Gasteiger partial charge >= 0.3 is 11.9 Å². The predicted molar refractivity (Wildman–Crippen MR) is 136 cm³/mol. The number of aromatic amines is 1. The van der Waals surface area contributed by atoms with Gasteiger partial charge in [-0.3, -0.25) is 14.4 Å². The molecule has 0 spiro atoms. The van der Waals surface area contributed by atoms with E-state index in [1.54, 1.807) is 6.20 Å². The largest absolute Gasteiger partial charge is 0.480 e. The molecule has 0 aliphatic heterocycles. The molecule has 0 aliphatic rings. The van der Waals surface area contributed by atoms with Crippen LogP contribution in [0.5, 0.6) is 0 Å². The number of hydrogen-bond donors (Lipinski definition) is 5. The van der Waals surface area contributed by atoms with Gasteiger partial charge in [-0.15, -0.1) is 0 Å². The second kappa shape index (κ2) is 13.8. The Kier molecular flexibility index (Phi) is 11.1. The Hall–Kier alpha value is -3.01. The molecule has 0 aliphatic carbocycles. The highest BCUT2D eigenvalue weighted by Crippen LogP contribution is 2.19. The molecular weight excluding hydrogens is 470 g/mol. The highest BCUT2D eigenvalue weighted by molar-refractivity contribution is 7.81. The summed E-state index contributed by atoms with van der Waals surface area (Å²) in [7, 11) is 1.33. The highest BCUT2D eigenvalue weighted by Gasteiger charge is 2.29. The summed E-state index contributed by atoms with van der Waals surface area (Å²) in [6.45, 7) is 3.83. The van der Waals surface area contributed by atoms with Crippen molar-refractivity contribution in [2.75, 3.05) is 7.11 Å². The molecule has 0 fully saturated rings.